The van der Waals surface area contributed by atoms with Crippen LogP contribution in [0.5, 0.6) is 0 Å². The van der Waals surface area contributed by atoms with E-state index in [1.165, 1.54) is 24.3 Å². The van der Waals surface area contributed by atoms with Crippen LogP contribution >= 0.6 is 23.1 Å². The molecule has 0 radical (unpaired) electrons. The molecule has 178 valence electrons. The molecule has 5 N–H and O–H groups in total. The van der Waals surface area contributed by atoms with Gasteiger partial charge in [-0.05, 0) is 12.0 Å². The fraction of sp³-hybridized carbons (Fsp3) is 0.444. The Morgan fingerprint density at radius 2 is 2.15 bits per heavy atom. The monoisotopic (exact) mass is 499 g/mol. The molecule has 0 bridgehead atoms. The third-order valence-corrected chi connectivity index (χ3v) is 6.63. The van der Waals surface area contributed by atoms with Crippen molar-refractivity contribution in [3.63, 3.8) is 0 Å². The first kappa shape index (κ1) is 24.5. The Kier molecular flexibility index (Phi) is 7.88. The molecule has 1 aromatic rings. The van der Waals surface area contributed by atoms with E-state index < -0.39 is 35.2 Å². The van der Waals surface area contributed by atoms with E-state index in [2.05, 4.69) is 15.5 Å². The summed E-state index contributed by atoms with van der Waals surface area (Å²) in [6.07, 6.45) is 0.0479. The summed E-state index contributed by atoms with van der Waals surface area (Å²) < 4.78 is 5.03. The van der Waals surface area contributed by atoms with Crippen LogP contribution in [0, 0.1) is 0 Å². The molecule has 0 saturated carbocycles. The van der Waals surface area contributed by atoms with E-state index in [0.29, 0.717) is 11.3 Å². The summed E-state index contributed by atoms with van der Waals surface area (Å²) in [6, 6.07) is -0.978. The second-order valence-corrected chi connectivity index (χ2v) is 8.89. The van der Waals surface area contributed by atoms with Crippen LogP contribution in [0.2, 0.25) is 0 Å². The Bertz CT molecular complexity index is 1020. The van der Waals surface area contributed by atoms with Gasteiger partial charge in [0.25, 0.3) is 11.8 Å². The lowest BCUT2D eigenvalue weighted by Crippen LogP contribution is -2.71. The summed E-state index contributed by atoms with van der Waals surface area (Å²) in [6.45, 7) is 0.0236. The highest BCUT2D eigenvalue weighted by atomic mass is 32.2. The largest absolute Gasteiger partial charge is 0.481 e. The van der Waals surface area contributed by atoms with E-state index in [-0.39, 0.29) is 48.3 Å². The van der Waals surface area contributed by atoms with Gasteiger partial charge in [0.15, 0.2) is 10.8 Å². The number of anilines is 1. The fourth-order valence-electron chi connectivity index (χ4n) is 3.18. The van der Waals surface area contributed by atoms with E-state index in [4.69, 9.17) is 20.4 Å². The van der Waals surface area contributed by atoms with Crippen molar-refractivity contribution in [2.75, 3.05) is 31.8 Å². The lowest BCUT2D eigenvalue weighted by atomic mass is 10.0. The standard InChI is InChI=1S/C18H21N5O8S2/c1-30-5-8-6-32-16-12(15(27)23(16)13(8)17(28)29)21-14(26)11(9-7-33-18(19)20-9)22-31-4-2-3-10(24)25/h7,12,16H,2-6H2,1H3,(H2,19,20)(H,21,26)(H,24,25)(H,28,29)/b22-11+. The summed E-state index contributed by atoms with van der Waals surface area (Å²) in [5.41, 5.74) is 5.86. The number of aromatic nitrogens is 1. The summed E-state index contributed by atoms with van der Waals surface area (Å²) >= 11 is 2.38. The number of hydrogen-bond donors (Lipinski definition) is 4. The molecular weight excluding hydrogens is 478 g/mol. The molecule has 2 aliphatic rings. The molecule has 1 fully saturated rings. The van der Waals surface area contributed by atoms with Crippen LogP contribution in [-0.4, -0.2) is 87.1 Å². The van der Waals surface area contributed by atoms with Crippen molar-refractivity contribution in [2.45, 2.75) is 24.3 Å². The number of thioether (sulfide) groups is 1. The van der Waals surface area contributed by atoms with E-state index in [1.54, 1.807) is 0 Å². The minimum atomic E-state index is -1.25. The van der Waals surface area contributed by atoms with Crippen LogP contribution in [0.4, 0.5) is 5.13 Å². The number of carbonyl (C=O) groups excluding carboxylic acids is 2. The topological polar surface area (TPSA) is 194 Å². The Morgan fingerprint density at radius 1 is 1.39 bits per heavy atom. The van der Waals surface area contributed by atoms with Crippen LogP contribution < -0.4 is 11.1 Å². The summed E-state index contributed by atoms with van der Waals surface area (Å²) in [4.78, 5) is 58.2. The second kappa shape index (κ2) is 10.6. The van der Waals surface area contributed by atoms with Crippen LogP contribution in [0.15, 0.2) is 21.8 Å². The van der Waals surface area contributed by atoms with Gasteiger partial charge in [-0.15, -0.1) is 23.1 Å². The average molecular weight is 500 g/mol. The summed E-state index contributed by atoms with van der Waals surface area (Å²) in [7, 11) is 1.43. The highest BCUT2D eigenvalue weighted by Gasteiger charge is 2.54. The molecule has 2 atom stereocenters. The van der Waals surface area contributed by atoms with E-state index in [1.807, 2.05) is 0 Å². The van der Waals surface area contributed by atoms with Gasteiger partial charge in [0, 0.05) is 24.7 Å². The number of methoxy groups -OCH3 is 1. The summed E-state index contributed by atoms with van der Waals surface area (Å²) in [5.74, 6) is -3.26. The van der Waals surface area contributed by atoms with Gasteiger partial charge in [0.1, 0.15) is 29.4 Å². The fourth-order valence-corrected chi connectivity index (χ4v) is 5.05. The molecule has 3 heterocycles. The minimum absolute atomic E-state index is 0.0493. The molecule has 2 amide bonds. The first-order valence-electron chi connectivity index (χ1n) is 9.57. The van der Waals surface area contributed by atoms with Gasteiger partial charge in [-0.1, -0.05) is 5.16 Å². The lowest BCUT2D eigenvalue weighted by Gasteiger charge is -2.49. The van der Waals surface area contributed by atoms with Crippen LogP contribution in [0.1, 0.15) is 18.5 Å². The highest BCUT2D eigenvalue weighted by Crippen LogP contribution is 2.40. The maximum Gasteiger partial charge on any atom is 0.352 e. The summed E-state index contributed by atoms with van der Waals surface area (Å²) in [5, 5.41) is 25.6. The Labute approximate surface area is 195 Å². The zero-order valence-electron chi connectivity index (χ0n) is 17.3. The minimum Gasteiger partial charge on any atom is -0.481 e. The van der Waals surface area contributed by atoms with Gasteiger partial charge in [-0.3, -0.25) is 19.3 Å². The number of nitrogen functional groups attached to an aromatic ring is 1. The van der Waals surface area contributed by atoms with Crippen molar-refractivity contribution in [1.29, 1.82) is 0 Å². The number of carboxylic acid groups (broad SMARTS) is 2. The number of amides is 2. The maximum atomic E-state index is 12.9. The van der Waals surface area contributed by atoms with Crippen molar-refractivity contribution in [2.24, 2.45) is 5.16 Å². The lowest BCUT2D eigenvalue weighted by molar-refractivity contribution is -0.150. The molecule has 33 heavy (non-hydrogen) atoms. The smallest absolute Gasteiger partial charge is 0.352 e. The van der Waals surface area contributed by atoms with Gasteiger partial charge in [-0.25, -0.2) is 9.78 Å². The van der Waals surface area contributed by atoms with Crippen LogP contribution in [0.3, 0.4) is 0 Å². The SMILES string of the molecule is COCC1=C(C(=O)O)N2C(=O)C(NC(=O)/C(=N/OCCCC(=O)O)c3csc(N)n3)C2SC1. The quantitative estimate of drug-likeness (QED) is 0.135. The van der Waals surface area contributed by atoms with Crippen molar-refractivity contribution in [3.8, 4) is 0 Å². The number of thiazole rings is 1. The predicted molar refractivity (Wildman–Crippen MR) is 117 cm³/mol. The second-order valence-electron chi connectivity index (χ2n) is 6.89. The van der Waals surface area contributed by atoms with E-state index in [0.717, 1.165) is 16.2 Å². The third-order valence-electron chi connectivity index (χ3n) is 4.62. The average Bonchev–Trinajstić information content (AvgIpc) is 3.19. The number of carbonyl (C=O) groups is 4. The molecule has 15 heteroatoms. The third kappa shape index (κ3) is 5.43. The predicted octanol–water partition coefficient (Wildman–Crippen LogP) is -0.304. The van der Waals surface area contributed by atoms with Crippen molar-refractivity contribution < 1.29 is 39.0 Å². The Morgan fingerprint density at radius 3 is 2.76 bits per heavy atom. The number of oxime groups is 1. The van der Waals surface area contributed by atoms with Crippen LogP contribution in [-0.2, 0) is 28.8 Å². The molecule has 0 spiro atoms. The van der Waals surface area contributed by atoms with E-state index in [9.17, 15) is 24.3 Å². The number of nitrogens with one attached hydrogen (secondary N) is 1. The van der Waals surface area contributed by atoms with Gasteiger partial charge in [-0.2, -0.15) is 0 Å². The molecule has 2 unspecified atom stereocenters. The van der Waals surface area contributed by atoms with Gasteiger partial charge in [0.2, 0.25) is 0 Å². The number of rotatable bonds is 11. The number of hydrogen-bond acceptors (Lipinski definition) is 11. The number of fused-ring (bicyclic) bond motifs is 1. The van der Waals surface area contributed by atoms with Gasteiger partial charge >= 0.3 is 11.9 Å². The number of β-lactam (4-membered cyclic amide) rings is 1. The number of ether oxygens (including phenoxy) is 1. The van der Waals surface area contributed by atoms with Crippen molar-refractivity contribution in [1.82, 2.24) is 15.2 Å². The Hall–Kier alpha value is -3.17. The van der Waals surface area contributed by atoms with Crippen LogP contribution in [0.25, 0.3) is 0 Å². The van der Waals surface area contributed by atoms with Gasteiger partial charge < -0.3 is 30.8 Å². The molecule has 2 aliphatic heterocycles. The van der Waals surface area contributed by atoms with E-state index >= 15 is 0 Å². The normalized spacial score (nSPS) is 20.2. The zero-order chi connectivity index (χ0) is 24.1. The Balaban J connectivity index is 1.73. The molecule has 1 saturated heterocycles. The number of aliphatic carboxylic acids is 2. The molecule has 0 aromatic carbocycles. The zero-order valence-corrected chi connectivity index (χ0v) is 19.0. The molecular formula is C18H21N5O8S2. The molecule has 13 nitrogen and oxygen atoms in total. The first-order chi connectivity index (χ1) is 15.7. The molecule has 3 rings (SSSR count). The maximum absolute atomic E-state index is 12.9. The number of nitrogens with zero attached hydrogens (tertiary/aromatic N) is 3. The highest BCUT2D eigenvalue weighted by molar-refractivity contribution is 8.00. The van der Waals surface area contributed by atoms with Crippen molar-refractivity contribution >= 4 is 57.7 Å². The number of carboxylic acids is 2. The molecule has 0 aliphatic carbocycles. The van der Waals surface area contributed by atoms with Crippen molar-refractivity contribution in [3.05, 3.63) is 22.3 Å². The first-order valence-corrected chi connectivity index (χ1v) is 11.5. The molecule has 1 aromatic heterocycles. The van der Waals surface area contributed by atoms with Gasteiger partial charge in [0.05, 0.1) is 6.61 Å². The number of nitrogens with two attached hydrogens (primary N) is 1.